The molecule has 3 N–H and O–H groups in total. The fraction of sp³-hybridized carbons (Fsp3) is 0.400. The van der Waals surface area contributed by atoms with E-state index < -0.39 is 6.36 Å². The van der Waals surface area contributed by atoms with Gasteiger partial charge < -0.3 is 15.8 Å². The number of aliphatic imine (C=N–C) groups is 1. The molecule has 0 spiro atoms. The number of benzene rings is 1. The van der Waals surface area contributed by atoms with E-state index in [9.17, 15) is 13.2 Å². The number of ether oxygens (including phenoxy) is 1. The highest BCUT2D eigenvalue weighted by molar-refractivity contribution is 5.79. The summed E-state index contributed by atoms with van der Waals surface area (Å²) in [5.41, 5.74) is 7.12. The van der Waals surface area contributed by atoms with Crippen molar-refractivity contribution in [1.82, 2.24) is 5.32 Å². The van der Waals surface area contributed by atoms with E-state index in [2.05, 4.69) is 21.6 Å². The first-order valence-electron chi connectivity index (χ1n) is 6.82. The maximum Gasteiger partial charge on any atom is 0.573 e. The standard InChI is InChI=1S/C15H18F3N3O/c1-9(2)8-20-14(19)21-12-7-11(12)10-5-3-4-6-13(10)22-15(16,17)18/h3-6,11-12H,1,7-8H2,2H3,(H3,19,20,21). The van der Waals surface area contributed by atoms with E-state index in [0.717, 1.165) is 5.57 Å². The largest absolute Gasteiger partial charge is 0.573 e. The van der Waals surface area contributed by atoms with Crippen LogP contribution in [-0.4, -0.2) is 24.9 Å². The lowest BCUT2D eigenvalue weighted by molar-refractivity contribution is -0.274. The zero-order valence-corrected chi connectivity index (χ0v) is 12.2. The molecular formula is C15H18F3N3O. The minimum absolute atomic E-state index is 0.0353. The van der Waals surface area contributed by atoms with Crippen LogP contribution in [-0.2, 0) is 0 Å². The lowest BCUT2D eigenvalue weighted by atomic mass is 10.1. The predicted molar refractivity (Wildman–Crippen MR) is 78.7 cm³/mol. The molecule has 1 aromatic carbocycles. The van der Waals surface area contributed by atoms with Crippen molar-refractivity contribution < 1.29 is 17.9 Å². The van der Waals surface area contributed by atoms with E-state index in [4.69, 9.17) is 5.73 Å². The third kappa shape index (κ3) is 4.68. The van der Waals surface area contributed by atoms with Crippen LogP contribution < -0.4 is 15.8 Å². The van der Waals surface area contributed by atoms with E-state index in [1.54, 1.807) is 12.1 Å². The number of alkyl halides is 3. The van der Waals surface area contributed by atoms with Gasteiger partial charge in [0.2, 0.25) is 0 Å². The zero-order chi connectivity index (χ0) is 16.3. The highest BCUT2D eigenvalue weighted by Crippen LogP contribution is 2.45. The minimum Gasteiger partial charge on any atom is -0.405 e. The average molecular weight is 313 g/mol. The molecule has 22 heavy (non-hydrogen) atoms. The molecule has 0 aromatic heterocycles. The number of nitrogens with one attached hydrogen (secondary N) is 1. The zero-order valence-electron chi connectivity index (χ0n) is 12.2. The number of nitrogens with two attached hydrogens (primary N) is 1. The van der Waals surface area contributed by atoms with Crippen LogP contribution in [0.5, 0.6) is 5.75 Å². The summed E-state index contributed by atoms with van der Waals surface area (Å²) < 4.78 is 41.3. The molecule has 1 saturated carbocycles. The SMILES string of the molecule is C=C(C)CN=C(N)NC1CC1c1ccccc1OC(F)(F)F. The molecule has 0 saturated heterocycles. The van der Waals surface area contributed by atoms with Gasteiger partial charge in [-0.25, -0.2) is 4.99 Å². The van der Waals surface area contributed by atoms with Crippen molar-refractivity contribution in [3.8, 4) is 5.75 Å². The van der Waals surface area contributed by atoms with E-state index in [1.165, 1.54) is 12.1 Å². The molecule has 1 aliphatic rings. The first kappa shape index (κ1) is 16.2. The fourth-order valence-electron chi connectivity index (χ4n) is 2.16. The number of guanidine groups is 1. The Morgan fingerprint density at radius 2 is 2.14 bits per heavy atom. The molecular weight excluding hydrogens is 295 g/mol. The van der Waals surface area contributed by atoms with Gasteiger partial charge in [-0.1, -0.05) is 30.4 Å². The van der Waals surface area contributed by atoms with Gasteiger partial charge in [0.25, 0.3) is 0 Å². The second kappa shape index (κ2) is 6.29. The molecule has 2 atom stereocenters. The van der Waals surface area contributed by atoms with Crippen molar-refractivity contribution >= 4 is 5.96 Å². The summed E-state index contributed by atoms with van der Waals surface area (Å²) >= 11 is 0. The molecule has 0 aliphatic heterocycles. The molecule has 0 bridgehead atoms. The summed E-state index contributed by atoms with van der Waals surface area (Å²) in [6, 6.07) is 6.11. The first-order valence-corrected chi connectivity index (χ1v) is 6.82. The minimum atomic E-state index is -4.70. The highest BCUT2D eigenvalue weighted by Gasteiger charge is 2.42. The van der Waals surface area contributed by atoms with Crippen LogP contribution in [0.25, 0.3) is 0 Å². The van der Waals surface area contributed by atoms with Gasteiger partial charge in [-0.3, -0.25) is 0 Å². The van der Waals surface area contributed by atoms with Crippen LogP contribution in [0.15, 0.2) is 41.4 Å². The maximum absolute atomic E-state index is 12.4. The maximum atomic E-state index is 12.4. The molecule has 1 aromatic rings. The van der Waals surface area contributed by atoms with Crippen molar-refractivity contribution in [3.63, 3.8) is 0 Å². The average Bonchev–Trinajstić information content (AvgIpc) is 3.14. The van der Waals surface area contributed by atoms with Gasteiger partial charge in [0, 0.05) is 12.0 Å². The van der Waals surface area contributed by atoms with Gasteiger partial charge >= 0.3 is 6.36 Å². The monoisotopic (exact) mass is 313 g/mol. The van der Waals surface area contributed by atoms with E-state index >= 15 is 0 Å². The topological polar surface area (TPSA) is 59.6 Å². The van der Waals surface area contributed by atoms with Crippen LogP contribution in [0.1, 0.15) is 24.8 Å². The van der Waals surface area contributed by atoms with Gasteiger partial charge in [0.15, 0.2) is 5.96 Å². The van der Waals surface area contributed by atoms with Gasteiger partial charge in [-0.15, -0.1) is 13.2 Å². The van der Waals surface area contributed by atoms with Crippen molar-refractivity contribution in [1.29, 1.82) is 0 Å². The van der Waals surface area contributed by atoms with Crippen molar-refractivity contribution in [2.75, 3.05) is 6.54 Å². The second-order valence-corrected chi connectivity index (χ2v) is 5.34. The highest BCUT2D eigenvalue weighted by atomic mass is 19.4. The fourth-order valence-corrected chi connectivity index (χ4v) is 2.16. The molecule has 120 valence electrons. The Balaban J connectivity index is 2.00. The van der Waals surface area contributed by atoms with Crippen molar-refractivity contribution in [3.05, 3.63) is 42.0 Å². The predicted octanol–water partition coefficient (Wildman–Crippen LogP) is 2.92. The van der Waals surface area contributed by atoms with Gasteiger partial charge in [0.05, 0.1) is 6.54 Å². The van der Waals surface area contributed by atoms with Crippen LogP contribution in [0.3, 0.4) is 0 Å². The normalized spacial score (nSPS) is 21.4. The van der Waals surface area contributed by atoms with Crippen LogP contribution in [0.2, 0.25) is 0 Å². The summed E-state index contributed by atoms with van der Waals surface area (Å²) in [5, 5.41) is 3.00. The van der Waals surface area contributed by atoms with Gasteiger partial charge in [-0.2, -0.15) is 0 Å². The summed E-state index contributed by atoms with van der Waals surface area (Å²) in [7, 11) is 0. The van der Waals surface area contributed by atoms with Gasteiger partial charge in [0.1, 0.15) is 5.75 Å². The number of para-hydroxylation sites is 1. The molecule has 0 amide bonds. The Morgan fingerprint density at radius 1 is 1.45 bits per heavy atom. The smallest absolute Gasteiger partial charge is 0.405 e. The van der Waals surface area contributed by atoms with Gasteiger partial charge in [-0.05, 0) is 25.0 Å². The summed E-state index contributed by atoms with van der Waals surface area (Å²) in [6.07, 6.45) is -4.02. The molecule has 7 heteroatoms. The van der Waals surface area contributed by atoms with Crippen LogP contribution in [0, 0.1) is 0 Å². The quantitative estimate of drug-likeness (QED) is 0.499. The Hall–Kier alpha value is -2.18. The first-order chi connectivity index (χ1) is 10.3. The molecule has 1 aliphatic carbocycles. The lowest BCUT2D eigenvalue weighted by Crippen LogP contribution is -2.34. The van der Waals surface area contributed by atoms with Crippen LogP contribution in [0.4, 0.5) is 13.2 Å². The molecule has 1 fully saturated rings. The summed E-state index contributed by atoms with van der Waals surface area (Å²) in [4.78, 5) is 4.09. The molecule has 4 nitrogen and oxygen atoms in total. The Bertz CT molecular complexity index is 584. The van der Waals surface area contributed by atoms with E-state index in [0.29, 0.717) is 18.5 Å². The Morgan fingerprint density at radius 3 is 2.77 bits per heavy atom. The van der Waals surface area contributed by atoms with Crippen LogP contribution >= 0.6 is 0 Å². The number of hydrogen-bond donors (Lipinski definition) is 2. The summed E-state index contributed by atoms with van der Waals surface area (Å²) in [6.45, 7) is 5.97. The number of halogens is 3. The third-order valence-corrected chi connectivity index (χ3v) is 3.19. The molecule has 0 heterocycles. The Kier molecular flexibility index (Phi) is 4.63. The van der Waals surface area contributed by atoms with Crippen molar-refractivity contribution in [2.24, 2.45) is 10.7 Å². The number of hydrogen-bond acceptors (Lipinski definition) is 2. The number of nitrogens with zero attached hydrogens (tertiary/aromatic N) is 1. The molecule has 0 radical (unpaired) electrons. The lowest BCUT2D eigenvalue weighted by Gasteiger charge is -2.13. The van der Waals surface area contributed by atoms with E-state index in [-0.39, 0.29) is 23.7 Å². The Labute approximate surface area is 126 Å². The third-order valence-electron chi connectivity index (χ3n) is 3.19. The molecule has 2 rings (SSSR count). The van der Waals surface area contributed by atoms with Crippen molar-refractivity contribution in [2.45, 2.75) is 31.7 Å². The van der Waals surface area contributed by atoms with E-state index in [1.807, 2.05) is 6.92 Å². The molecule has 2 unspecified atom stereocenters. The summed E-state index contributed by atoms with van der Waals surface area (Å²) in [5.74, 6) is 0.0311. The number of rotatable bonds is 5. The second-order valence-electron chi connectivity index (χ2n) is 5.34.